The van der Waals surface area contributed by atoms with Crippen LogP contribution in [-0.2, 0) is 20.6 Å². The lowest BCUT2D eigenvalue weighted by Crippen LogP contribution is -2.17. The number of anilines is 1. The Morgan fingerprint density at radius 1 is 0.850 bits per heavy atom. The van der Waals surface area contributed by atoms with Gasteiger partial charge < -0.3 is 29.6 Å². The molecule has 230 valence electrons. The SMILES string of the molecule is CCCCCCCCCCCCCCCCCCOC(C)c1nc(N)c2ncn(CC(C)OCP(=O)(O)O)c2n1. The Bertz CT molecular complexity index is 999. The molecule has 2 unspecified atom stereocenters. The van der Waals surface area contributed by atoms with Crippen LogP contribution in [0.4, 0.5) is 5.82 Å². The van der Waals surface area contributed by atoms with E-state index >= 15 is 0 Å². The van der Waals surface area contributed by atoms with E-state index in [-0.39, 0.29) is 11.9 Å². The van der Waals surface area contributed by atoms with Gasteiger partial charge in [-0.2, -0.15) is 0 Å². The van der Waals surface area contributed by atoms with E-state index in [4.69, 9.17) is 25.0 Å². The molecule has 0 fully saturated rings. The summed E-state index contributed by atoms with van der Waals surface area (Å²) in [6, 6.07) is 0. The maximum atomic E-state index is 11.1. The number of nitrogen functional groups attached to an aromatic ring is 1. The molecule has 0 spiro atoms. The number of rotatable bonds is 24. The molecule has 2 atom stereocenters. The minimum absolute atomic E-state index is 0.278. The van der Waals surface area contributed by atoms with Crippen LogP contribution in [0.5, 0.6) is 0 Å². The lowest BCUT2D eigenvalue weighted by molar-refractivity contribution is 0.0570. The maximum Gasteiger partial charge on any atom is 0.350 e. The third kappa shape index (κ3) is 14.4. The summed E-state index contributed by atoms with van der Waals surface area (Å²) in [7, 11) is -4.23. The Labute approximate surface area is 241 Å². The van der Waals surface area contributed by atoms with Crippen molar-refractivity contribution in [1.29, 1.82) is 0 Å². The second kappa shape index (κ2) is 19.5. The molecule has 0 aliphatic heterocycles. The Morgan fingerprint density at radius 2 is 1.38 bits per heavy atom. The largest absolute Gasteiger partial charge is 0.382 e. The summed E-state index contributed by atoms with van der Waals surface area (Å²) in [6.45, 7) is 6.89. The average molecular weight is 584 g/mol. The molecular formula is C29H54N5O5P. The van der Waals surface area contributed by atoms with E-state index in [1.54, 1.807) is 17.8 Å². The van der Waals surface area contributed by atoms with Crippen molar-refractivity contribution >= 4 is 24.6 Å². The third-order valence-electron chi connectivity index (χ3n) is 7.22. The van der Waals surface area contributed by atoms with Crippen LogP contribution in [0.3, 0.4) is 0 Å². The van der Waals surface area contributed by atoms with Crippen molar-refractivity contribution < 1.29 is 23.8 Å². The van der Waals surface area contributed by atoms with Crippen LogP contribution in [0, 0.1) is 0 Å². The zero-order valence-corrected chi connectivity index (χ0v) is 26.0. The van der Waals surface area contributed by atoms with Gasteiger partial charge in [0.1, 0.15) is 18.0 Å². The molecule has 4 N–H and O–H groups in total. The van der Waals surface area contributed by atoms with Gasteiger partial charge in [0.2, 0.25) is 0 Å². The van der Waals surface area contributed by atoms with E-state index in [0.717, 1.165) is 12.8 Å². The fraction of sp³-hybridized carbons (Fsp3) is 0.828. The van der Waals surface area contributed by atoms with Gasteiger partial charge in [-0.05, 0) is 20.3 Å². The van der Waals surface area contributed by atoms with Gasteiger partial charge in [0.15, 0.2) is 17.3 Å². The quantitative estimate of drug-likeness (QED) is 0.0856. The van der Waals surface area contributed by atoms with Crippen molar-refractivity contribution in [1.82, 2.24) is 19.5 Å². The van der Waals surface area contributed by atoms with Crippen LogP contribution in [-0.4, -0.2) is 48.4 Å². The first-order chi connectivity index (χ1) is 19.2. The van der Waals surface area contributed by atoms with E-state index in [9.17, 15) is 4.57 Å². The molecule has 0 radical (unpaired) electrons. The maximum absolute atomic E-state index is 11.1. The second-order valence-electron chi connectivity index (χ2n) is 11.1. The average Bonchev–Trinajstić information content (AvgIpc) is 3.31. The molecule has 10 nitrogen and oxygen atoms in total. The highest BCUT2D eigenvalue weighted by atomic mass is 31.2. The van der Waals surface area contributed by atoms with Crippen molar-refractivity contribution in [3.63, 3.8) is 0 Å². The van der Waals surface area contributed by atoms with E-state index < -0.39 is 20.0 Å². The molecule has 0 aliphatic carbocycles. The van der Waals surface area contributed by atoms with E-state index in [1.165, 1.54) is 89.9 Å². The molecule has 11 heteroatoms. The number of aromatic nitrogens is 4. The summed E-state index contributed by atoms with van der Waals surface area (Å²) in [5.41, 5.74) is 7.16. The van der Waals surface area contributed by atoms with Gasteiger partial charge in [0, 0.05) is 6.61 Å². The molecule has 0 aliphatic rings. The normalized spacial score (nSPS) is 13.7. The lowest BCUT2D eigenvalue weighted by Gasteiger charge is -2.15. The number of hydrogen-bond donors (Lipinski definition) is 3. The number of fused-ring (bicyclic) bond motifs is 1. The number of unbranched alkanes of at least 4 members (excludes halogenated alkanes) is 15. The summed E-state index contributed by atoms with van der Waals surface area (Å²) >= 11 is 0. The van der Waals surface area contributed by atoms with E-state index in [0.29, 0.717) is 30.1 Å². The fourth-order valence-electron chi connectivity index (χ4n) is 4.84. The van der Waals surface area contributed by atoms with Gasteiger partial charge in [-0.3, -0.25) is 4.57 Å². The molecular weight excluding hydrogens is 529 g/mol. The number of hydrogen-bond acceptors (Lipinski definition) is 7. The van der Waals surface area contributed by atoms with Crippen molar-refractivity contribution in [2.45, 2.75) is 142 Å². The minimum atomic E-state index is -4.23. The molecule has 0 aromatic carbocycles. The molecule has 2 rings (SSSR count). The smallest absolute Gasteiger partial charge is 0.350 e. The molecule has 0 bridgehead atoms. The summed E-state index contributed by atoms with van der Waals surface area (Å²) in [4.78, 5) is 31.4. The van der Waals surface area contributed by atoms with Crippen LogP contribution in [0.1, 0.15) is 135 Å². The van der Waals surface area contributed by atoms with Gasteiger partial charge in [0.05, 0.1) is 19.0 Å². The zero-order valence-electron chi connectivity index (χ0n) is 25.1. The van der Waals surface area contributed by atoms with E-state index in [1.807, 2.05) is 6.92 Å². The number of imidazole rings is 1. The topological polar surface area (TPSA) is 146 Å². The monoisotopic (exact) mass is 583 g/mol. The third-order valence-corrected chi connectivity index (χ3v) is 7.70. The first-order valence-corrected chi connectivity index (χ1v) is 17.3. The fourth-order valence-corrected chi connectivity index (χ4v) is 5.29. The van der Waals surface area contributed by atoms with Crippen molar-refractivity contribution in [2.75, 3.05) is 18.7 Å². The predicted octanol–water partition coefficient (Wildman–Crippen LogP) is 7.29. The first kappa shape index (κ1) is 34.6. The highest BCUT2D eigenvalue weighted by Crippen LogP contribution is 2.34. The van der Waals surface area contributed by atoms with Crippen LogP contribution < -0.4 is 5.73 Å². The molecule has 0 amide bonds. The summed E-state index contributed by atoms with van der Waals surface area (Å²) in [5, 5.41) is 0. The highest BCUT2D eigenvalue weighted by molar-refractivity contribution is 7.51. The Balaban J connectivity index is 1.58. The van der Waals surface area contributed by atoms with Gasteiger partial charge in [0.25, 0.3) is 0 Å². The van der Waals surface area contributed by atoms with Crippen molar-refractivity contribution in [3.05, 3.63) is 12.2 Å². The van der Waals surface area contributed by atoms with Crippen molar-refractivity contribution in [3.8, 4) is 0 Å². The Morgan fingerprint density at radius 3 is 1.90 bits per heavy atom. The number of nitrogens with two attached hydrogens (primary N) is 1. The van der Waals surface area contributed by atoms with Crippen LogP contribution in [0.2, 0.25) is 0 Å². The zero-order chi connectivity index (χ0) is 29.2. The first-order valence-electron chi connectivity index (χ1n) is 15.5. The number of nitrogens with zero attached hydrogens (tertiary/aromatic N) is 4. The molecule has 0 saturated carbocycles. The van der Waals surface area contributed by atoms with Crippen LogP contribution in [0.15, 0.2) is 6.33 Å². The van der Waals surface area contributed by atoms with Crippen LogP contribution >= 0.6 is 7.60 Å². The minimum Gasteiger partial charge on any atom is -0.382 e. The predicted molar refractivity (Wildman–Crippen MR) is 161 cm³/mol. The molecule has 40 heavy (non-hydrogen) atoms. The lowest BCUT2D eigenvalue weighted by atomic mass is 10.0. The van der Waals surface area contributed by atoms with Gasteiger partial charge in [-0.1, -0.05) is 103 Å². The molecule has 2 aromatic rings. The summed E-state index contributed by atoms with van der Waals surface area (Å²) < 4.78 is 24.1. The summed E-state index contributed by atoms with van der Waals surface area (Å²) in [6.07, 6.45) is 21.6. The molecule has 2 heterocycles. The van der Waals surface area contributed by atoms with E-state index in [2.05, 4.69) is 21.9 Å². The van der Waals surface area contributed by atoms with Gasteiger partial charge in [-0.25, -0.2) is 15.0 Å². The van der Waals surface area contributed by atoms with Gasteiger partial charge >= 0.3 is 7.60 Å². The van der Waals surface area contributed by atoms with Crippen LogP contribution in [0.25, 0.3) is 11.2 Å². The van der Waals surface area contributed by atoms with Crippen molar-refractivity contribution in [2.24, 2.45) is 0 Å². The molecule has 2 aromatic heterocycles. The molecule has 0 saturated heterocycles. The Hall–Kier alpha value is -1.58. The highest BCUT2D eigenvalue weighted by Gasteiger charge is 2.19. The Kier molecular flexibility index (Phi) is 16.9. The van der Waals surface area contributed by atoms with Gasteiger partial charge in [-0.15, -0.1) is 0 Å². The number of ether oxygens (including phenoxy) is 2. The second-order valence-corrected chi connectivity index (χ2v) is 12.7. The summed E-state index contributed by atoms with van der Waals surface area (Å²) in [5.74, 6) is 0.771. The standard InChI is InChI=1S/C29H54N5O5P/c1-4-5-6-7-8-9-10-11-12-13-14-15-16-17-18-19-20-38-25(3)28-32-27(30)26-29(33-28)34(22-31-26)21-24(2)39-23-40(35,36)37/h22,24-25H,4-21,23H2,1-3H3,(H2,30,32,33)(H2,35,36,37).